The van der Waals surface area contributed by atoms with E-state index < -0.39 is 0 Å². The van der Waals surface area contributed by atoms with Crippen molar-refractivity contribution in [2.24, 2.45) is 5.92 Å². The van der Waals surface area contributed by atoms with Crippen molar-refractivity contribution in [1.29, 1.82) is 0 Å². The van der Waals surface area contributed by atoms with Gasteiger partial charge in [0, 0.05) is 45.1 Å². The van der Waals surface area contributed by atoms with Crippen LogP contribution in [0, 0.1) is 12.8 Å². The third-order valence-electron chi connectivity index (χ3n) is 5.24. The average Bonchev–Trinajstić information content (AvgIpc) is 3.35. The van der Waals surface area contributed by atoms with E-state index in [1.165, 1.54) is 36.7 Å². The summed E-state index contributed by atoms with van der Waals surface area (Å²) in [5.41, 5.74) is 2.32. The maximum Gasteiger partial charge on any atom is 0.233 e. The smallest absolute Gasteiger partial charge is 0.233 e. The maximum atomic E-state index is 12.6. The Kier molecular flexibility index (Phi) is 5.31. The molecular formula is C20H26N4OS. The second-order valence-corrected chi connectivity index (χ2v) is 8.22. The van der Waals surface area contributed by atoms with Gasteiger partial charge in [0.2, 0.25) is 5.91 Å². The number of thioether (sulfide) groups is 1. The van der Waals surface area contributed by atoms with Crippen molar-refractivity contribution >= 4 is 17.7 Å². The highest BCUT2D eigenvalue weighted by atomic mass is 32.2. The zero-order chi connectivity index (χ0) is 17.9. The lowest BCUT2D eigenvalue weighted by molar-refractivity contribution is -0.130. The highest BCUT2D eigenvalue weighted by Crippen LogP contribution is 2.30. The van der Waals surface area contributed by atoms with Crippen LogP contribution in [-0.2, 0) is 4.79 Å². The zero-order valence-corrected chi connectivity index (χ0v) is 16.1. The number of aromatic nitrogens is 2. The summed E-state index contributed by atoms with van der Waals surface area (Å²) >= 11 is 1.53. The third kappa shape index (κ3) is 4.13. The molecule has 1 amide bonds. The van der Waals surface area contributed by atoms with Crippen LogP contribution in [0.25, 0.3) is 5.69 Å². The molecule has 6 heteroatoms. The monoisotopic (exact) mass is 370 g/mol. The summed E-state index contributed by atoms with van der Waals surface area (Å²) in [5, 5.41) is 0.875. The Hall–Kier alpha value is -1.79. The normalized spacial score (nSPS) is 18.3. The van der Waals surface area contributed by atoms with Crippen LogP contribution in [0.3, 0.4) is 0 Å². The minimum atomic E-state index is 0.223. The van der Waals surface area contributed by atoms with Gasteiger partial charge in [-0.05, 0) is 37.3 Å². The predicted molar refractivity (Wildman–Crippen MR) is 105 cm³/mol. The highest BCUT2D eigenvalue weighted by molar-refractivity contribution is 7.99. The molecule has 1 saturated heterocycles. The van der Waals surface area contributed by atoms with Crippen LogP contribution in [0.5, 0.6) is 0 Å². The molecule has 2 aromatic rings. The Balaban J connectivity index is 1.31. The number of aryl methyl sites for hydroxylation is 1. The van der Waals surface area contributed by atoms with Gasteiger partial charge >= 0.3 is 0 Å². The SMILES string of the molecule is Cc1ccccc1-n1ccnc1SCC(=O)N1CCN(CC2CC2)CC1. The first-order valence-corrected chi connectivity index (χ1v) is 10.4. The van der Waals surface area contributed by atoms with Gasteiger partial charge in [0.05, 0.1) is 11.4 Å². The van der Waals surface area contributed by atoms with Gasteiger partial charge in [-0.2, -0.15) is 0 Å². The van der Waals surface area contributed by atoms with Crippen molar-refractivity contribution in [3.05, 3.63) is 42.2 Å². The molecule has 1 aliphatic heterocycles. The summed E-state index contributed by atoms with van der Waals surface area (Å²) in [5.74, 6) is 1.60. The minimum absolute atomic E-state index is 0.223. The molecule has 4 rings (SSSR count). The molecule has 0 bridgehead atoms. The van der Waals surface area contributed by atoms with Crippen LogP contribution in [-0.4, -0.2) is 63.7 Å². The number of benzene rings is 1. The first-order valence-electron chi connectivity index (χ1n) is 9.43. The van der Waals surface area contributed by atoms with E-state index in [1.807, 2.05) is 23.2 Å². The first kappa shape index (κ1) is 17.6. The largest absolute Gasteiger partial charge is 0.339 e. The lowest BCUT2D eigenvalue weighted by Crippen LogP contribution is -2.49. The molecule has 26 heavy (non-hydrogen) atoms. The zero-order valence-electron chi connectivity index (χ0n) is 15.3. The Morgan fingerprint density at radius 2 is 1.96 bits per heavy atom. The van der Waals surface area contributed by atoms with Crippen molar-refractivity contribution in [2.75, 3.05) is 38.5 Å². The number of carbonyl (C=O) groups excluding carboxylic acids is 1. The second kappa shape index (κ2) is 7.84. The number of rotatable bonds is 6. The average molecular weight is 371 g/mol. The molecule has 1 aliphatic carbocycles. The topological polar surface area (TPSA) is 41.4 Å². The Bertz CT molecular complexity index is 763. The van der Waals surface area contributed by atoms with Crippen molar-refractivity contribution in [3.8, 4) is 5.69 Å². The molecular weight excluding hydrogens is 344 g/mol. The fourth-order valence-corrected chi connectivity index (χ4v) is 4.35. The van der Waals surface area contributed by atoms with Crippen molar-refractivity contribution < 1.29 is 4.79 Å². The van der Waals surface area contributed by atoms with Crippen LogP contribution in [0.15, 0.2) is 41.8 Å². The highest BCUT2D eigenvalue weighted by Gasteiger charge is 2.27. The Morgan fingerprint density at radius 1 is 1.19 bits per heavy atom. The number of carbonyl (C=O) groups is 1. The maximum absolute atomic E-state index is 12.6. The number of para-hydroxylation sites is 1. The second-order valence-electron chi connectivity index (χ2n) is 7.28. The van der Waals surface area contributed by atoms with Crippen LogP contribution in [0.2, 0.25) is 0 Å². The van der Waals surface area contributed by atoms with E-state index >= 15 is 0 Å². The van der Waals surface area contributed by atoms with E-state index in [0.717, 1.165) is 42.9 Å². The number of nitrogens with zero attached hydrogens (tertiary/aromatic N) is 4. The van der Waals surface area contributed by atoms with Gasteiger partial charge in [-0.1, -0.05) is 30.0 Å². The van der Waals surface area contributed by atoms with Crippen LogP contribution < -0.4 is 0 Å². The van der Waals surface area contributed by atoms with E-state index in [2.05, 4.69) is 33.5 Å². The van der Waals surface area contributed by atoms with Gasteiger partial charge in [0.25, 0.3) is 0 Å². The van der Waals surface area contributed by atoms with Crippen LogP contribution >= 0.6 is 11.8 Å². The fourth-order valence-electron chi connectivity index (χ4n) is 3.48. The number of piperazine rings is 1. The first-order chi connectivity index (χ1) is 12.7. The van der Waals surface area contributed by atoms with E-state index in [4.69, 9.17) is 0 Å². The molecule has 0 radical (unpaired) electrons. The number of hydrogen-bond donors (Lipinski definition) is 0. The molecule has 0 atom stereocenters. The molecule has 1 saturated carbocycles. The number of hydrogen-bond acceptors (Lipinski definition) is 4. The summed E-state index contributed by atoms with van der Waals surface area (Å²) in [6.07, 6.45) is 6.55. The Morgan fingerprint density at radius 3 is 2.69 bits per heavy atom. The van der Waals surface area contributed by atoms with Crippen LogP contribution in [0.1, 0.15) is 18.4 Å². The summed E-state index contributed by atoms with van der Waals surface area (Å²) in [7, 11) is 0. The van der Waals surface area contributed by atoms with E-state index in [0.29, 0.717) is 5.75 Å². The van der Waals surface area contributed by atoms with Gasteiger partial charge < -0.3 is 4.90 Å². The molecule has 0 unspecified atom stereocenters. The molecule has 2 aliphatic rings. The van der Waals surface area contributed by atoms with Gasteiger partial charge in [-0.3, -0.25) is 14.3 Å². The van der Waals surface area contributed by atoms with E-state index in [-0.39, 0.29) is 5.91 Å². The van der Waals surface area contributed by atoms with Crippen molar-refractivity contribution in [1.82, 2.24) is 19.4 Å². The molecule has 138 valence electrons. The summed E-state index contributed by atoms with van der Waals surface area (Å²) in [6.45, 7) is 7.08. The molecule has 5 nitrogen and oxygen atoms in total. The molecule has 2 fully saturated rings. The number of amides is 1. The van der Waals surface area contributed by atoms with Gasteiger partial charge in [-0.15, -0.1) is 0 Å². The molecule has 0 N–H and O–H groups in total. The van der Waals surface area contributed by atoms with Gasteiger partial charge in [-0.25, -0.2) is 4.98 Å². The molecule has 2 heterocycles. The quantitative estimate of drug-likeness (QED) is 0.733. The molecule has 1 aromatic heterocycles. The van der Waals surface area contributed by atoms with E-state index in [9.17, 15) is 4.79 Å². The van der Waals surface area contributed by atoms with E-state index in [1.54, 1.807) is 6.20 Å². The van der Waals surface area contributed by atoms with Gasteiger partial charge in [0.1, 0.15) is 0 Å². The third-order valence-corrected chi connectivity index (χ3v) is 6.20. The standard InChI is InChI=1S/C20H26N4OS/c1-16-4-2-3-5-18(16)24-9-8-21-20(24)26-15-19(25)23-12-10-22(11-13-23)14-17-6-7-17/h2-5,8-9,17H,6-7,10-15H2,1H3. The van der Waals surface area contributed by atoms with Gasteiger partial charge in [0.15, 0.2) is 5.16 Å². The number of imidazole rings is 1. The van der Waals surface area contributed by atoms with Crippen molar-refractivity contribution in [2.45, 2.75) is 24.9 Å². The lowest BCUT2D eigenvalue weighted by atomic mass is 10.2. The summed E-state index contributed by atoms with van der Waals surface area (Å²) in [6, 6.07) is 8.25. The van der Waals surface area contributed by atoms with Crippen molar-refractivity contribution in [3.63, 3.8) is 0 Å². The Labute approximate surface area is 159 Å². The fraction of sp³-hybridized carbons (Fsp3) is 0.500. The summed E-state index contributed by atoms with van der Waals surface area (Å²) < 4.78 is 2.07. The van der Waals surface area contributed by atoms with Crippen LogP contribution in [0.4, 0.5) is 0 Å². The summed E-state index contributed by atoms with van der Waals surface area (Å²) in [4.78, 5) is 21.6. The predicted octanol–water partition coefficient (Wildman–Crippen LogP) is 2.83. The minimum Gasteiger partial charge on any atom is -0.339 e. The molecule has 0 spiro atoms. The molecule has 1 aromatic carbocycles. The lowest BCUT2D eigenvalue weighted by Gasteiger charge is -2.34.